The first-order valence-electron chi connectivity index (χ1n) is 10.7. The zero-order chi connectivity index (χ0) is 17.7. The van der Waals surface area contributed by atoms with Crippen molar-refractivity contribution in [3.8, 4) is 0 Å². The van der Waals surface area contributed by atoms with Gasteiger partial charge in [-0.3, -0.25) is 9.59 Å². The number of fused-ring (bicyclic) bond motifs is 9. The molecule has 3 nitrogen and oxygen atoms in total. The molecule has 6 aliphatic rings. The van der Waals surface area contributed by atoms with Gasteiger partial charge in [0.25, 0.3) is 0 Å². The van der Waals surface area contributed by atoms with Crippen molar-refractivity contribution in [1.29, 1.82) is 0 Å². The summed E-state index contributed by atoms with van der Waals surface area (Å²) in [7, 11) is 0. The zero-order valence-electron chi connectivity index (χ0n) is 15.6. The first-order chi connectivity index (χ1) is 12.6. The number of rotatable bonds is 1. The summed E-state index contributed by atoms with van der Waals surface area (Å²) in [6.45, 7) is 2.34. The highest BCUT2D eigenvalue weighted by Gasteiger charge is 2.79. The molecule has 138 valence electrons. The zero-order valence-corrected chi connectivity index (χ0v) is 15.6. The first kappa shape index (κ1) is 15.7. The molecule has 0 radical (unpaired) electrons. The molecule has 0 aromatic rings. The summed E-state index contributed by atoms with van der Waals surface area (Å²) in [5.41, 5.74) is 1.34. The Bertz CT molecular complexity index is 763. The van der Waals surface area contributed by atoms with Gasteiger partial charge in [-0.25, -0.2) is 0 Å². The van der Waals surface area contributed by atoms with Gasteiger partial charge in [0.15, 0.2) is 5.78 Å². The number of ketones is 1. The molecule has 26 heavy (non-hydrogen) atoms. The lowest BCUT2D eigenvalue weighted by Crippen LogP contribution is -2.55. The van der Waals surface area contributed by atoms with Crippen LogP contribution < -0.4 is 0 Å². The van der Waals surface area contributed by atoms with Gasteiger partial charge in [0.05, 0.1) is 0 Å². The molecule has 0 amide bonds. The highest BCUT2D eigenvalue weighted by Crippen LogP contribution is 2.79. The van der Waals surface area contributed by atoms with Crippen molar-refractivity contribution in [2.75, 3.05) is 0 Å². The Kier molecular flexibility index (Phi) is 2.96. The SMILES string of the molecule is CC[C@]12CCC3C(C=CC4=CC(=O)CC[C@@H]43)C1C1C[C@@H]1[C@@]21CCC(=O)O1. The van der Waals surface area contributed by atoms with E-state index in [2.05, 4.69) is 19.1 Å². The largest absolute Gasteiger partial charge is 0.458 e. The average molecular weight is 352 g/mol. The quantitative estimate of drug-likeness (QED) is 0.664. The van der Waals surface area contributed by atoms with Crippen molar-refractivity contribution in [3.63, 3.8) is 0 Å². The maximum Gasteiger partial charge on any atom is 0.306 e. The standard InChI is InChI=1S/C23H28O3/c1-2-22-9-7-16-15-6-4-14(24)11-13(15)3-5-17(16)21(22)18-12-19(18)23(22)10-8-20(25)26-23/h3,5,11,15-19,21H,2,4,6-10,12H2,1H3/t15-,16?,17?,18?,19-,21?,22-,23-/m0/s1. The van der Waals surface area contributed by atoms with Crippen molar-refractivity contribution in [2.24, 2.45) is 40.9 Å². The number of allylic oxidation sites excluding steroid dienone is 4. The number of carbonyl (C=O) groups is 2. The van der Waals surface area contributed by atoms with E-state index in [-0.39, 0.29) is 17.0 Å². The molecule has 4 fully saturated rings. The summed E-state index contributed by atoms with van der Waals surface area (Å²) in [5.74, 6) is 4.30. The van der Waals surface area contributed by atoms with Crippen LogP contribution in [-0.4, -0.2) is 17.4 Å². The molecule has 4 unspecified atom stereocenters. The van der Waals surface area contributed by atoms with E-state index in [0.29, 0.717) is 41.8 Å². The number of esters is 1. The Labute approximate surface area is 155 Å². The lowest BCUT2D eigenvalue weighted by molar-refractivity contribution is -0.175. The molecule has 0 N–H and O–H groups in total. The molecular formula is C23H28O3. The molecule has 1 spiro atoms. The number of carbonyl (C=O) groups excluding carboxylic acids is 2. The highest BCUT2D eigenvalue weighted by atomic mass is 16.6. The summed E-state index contributed by atoms with van der Waals surface area (Å²) in [5, 5.41) is 0. The molecule has 8 atom stereocenters. The van der Waals surface area contributed by atoms with Gasteiger partial charge in [-0.15, -0.1) is 0 Å². The molecule has 1 saturated heterocycles. The van der Waals surface area contributed by atoms with Crippen molar-refractivity contribution >= 4 is 11.8 Å². The summed E-state index contributed by atoms with van der Waals surface area (Å²) < 4.78 is 6.21. The lowest BCUT2D eigenvalue weighted by Gasteiger charge is -2.57. The molecule has 3 saturated carbocycles. The third-order valence-electron chi connectivity index (χ3n) is 9.33. The molecule has 0 aromatic carbocycles. The molecular weight excluding hydrogens is 324 g/mol. The second-order valence-corrected chi connectivity index (χ2v) is 9.80. The Morgan fingerprint density at radius 2 is 2.04 bits per heavy atom. The van der Waals surface area contributed by atoms with Gasteiger partial charge in [-0.1, -0.05) is 19.1 Å². The number of hydrogen-bond acceptors (Lipinski definition) is 3. The Morgan fingerprint density at radius 1 is 1.15 bits per heavy atom. The van der Waals surface area contributed by atoms with Crippen molar-refractivity contribution < 1.29 is 14.3 Å². The van der Waals surface area contributed by atoms with Crippen LogP contribution in [0.3, 0.4) is 0 Å². The van der Waals surface area contributed by atoms with E-state index in [4.69, 9.17) is 4.74 Å². The minimum Gasteiger partial charge on any atom is -0.458 e. The van der Waals surface area contributed by atoms with Crippen LogP contribution in [-0.2, 0) is 14.3 Å². The summed E-state index contributed by atoms with van der Waals surface area (Å²) in [6, 6.07) is 0. The van der Waals surface area contributed by atoms with Gasteiger partial charge in [-0.2, -0.15) is 0 Å². The van der Waals surface area contributed by atoms with E-state index in [9.17, 15) is 9.59 Å². The van der Waals surface area contributed by atoms with Crippen LogP contribution in [0.5, 0.6) is 0 Å². The van der Waals surface area contributed by atoms with E-state index in [1.807, 2.05) is 6.08 Å². The Balaban J connectivity index is 1.43. The van der Waals surface area contributed by atoms with E-state index in [0.717, 1.165) is 31.6 Å². The topological polar surface area (TPSA) is 43.4 Å². The molecule has 1 aliphatic heterocycles. The summed E-state index contributed by atoms with van der Waals surface area (Å²) in [4.78, 5) is 24.0. The number of ether oxygens (including phenoxy) is 1. The van der Waals surface area contributed by atoms with Crippen LogP contribution in [0, 0.1) is 40.9 Å². The third-order valence-corrected chi connectivity index (χ3v) is 9.33. The van der Waals surface area contributed by atoms with Crippen molar-refractivity contribution in [3.05, 3.63) is 23.8 Å². The average Bonchev–Trinajstić information content (AvgIpc) is 3.29. The molecule has 0 bridgehead atoms. The molecule has 6 rings (SSSR count). The minimum atomic E-state index is -0.147. The monoisotopic (exact) mass is 352 g/mol. The van der Waals surface area contributed by atoms with Crippen LogP contribution in [0.2, 0.25) is 0 Å². The predicted molar refractivity (Wildman–Crippen MR) is 97.0 cm³/mol. The summed E-state index contributed by atoms with van der Waals surface area (Å²) in [6.07, 6.45) is 14.8. The fourth-order valence-corrected chi connectivity index (χ4v) is 8.46. The fourth-order valence-electron chi connectivity index (χ4n) is 8.46. The second-order valence-electron chi connectivity index (χ2n) is 9.80. The van der Waals surface area contributed by atoms with Gasteiger partial charge in [0, 0.05) is 24.2 Å². The van der Waals surface area contributed by atoms with Gasteiger partial charge in [0.2, 0.25) is 0 Å². The molecule has 5 aliphatic carbocycles. The van der Waals surface area contributed by atoms with Crippen LogP contribution >= 0.6 is 0 Å². The van der Waals surface area contributed by atoms with Crippen molar-refractivity contribution in [1.82, 2.24) is 0 Å². The maximum absolute atomic E-state index is 12.1. The van der Waals surface area contributed by atoms with E-state index < -0.39 is 0 Å². The molecule has 0 aromatic heterocycles. The lowest BCUT2D eigenvalue weighted by atomic mass is 9.49. The van der Waals surface area contributed by atoms with Crippen LogP contribution in [0.4, 0.5) is 0 Å². The van der Waals surface area contributed by atoms with E-state index >= 15 is 0 Å². The minimum absolute atomic E-state index is 0.0430. The van der Waals surface area contributed by atoms with Gasteiger partial charge in [0.1, 0.15) is 5.60 Å². The highest BCUT2D eigenvalue weighted by molar-refractivity contribution is 5.92. The second kappa shape index (κ2) is 4.91. The smallest absolute Gasteiger partial charge is 0.306 e. The predicted octanol–water partition coefficient (Wildman–Crippen LogP) is 4.23. The number of hydrogen-bond donors (Lipinski definition) is 0. The van der Waals surface area contributed by atoms with Crippen LogP contribution in [0.15, 0.2) is 23.8 Å². The first-order valence-corrected chi connectivity index (χ1v) is 10.7. The molecule has 1 heterocycles. The van der Waals surface area contributed by atoms with Crippen LogP contribution in [0.1, 0.15) is 58.3 Å². The molecule has 3 heteroatoms. The Hall–Kier alpha value is -1.38. The normalized spacial score (nSPS) is 53.5. The van der Waals surface area contributed by atoms with Gasteiger partial charge in [-0.05, 0) is 79.8 Å². The van der Waals surface area contributed by atoms with Gasteiger partial charge < -0.3 is 4.74 Å². The van der Waals surface area contributed by atoms with Gasteiger partial charge >= 0.3 is 5.97 Å². The van der Waals surface area contributed by atoms with E-state index in [1.54, 1.807) is 0 Å². The van der Waals surface area contributed by atoms with E-state index in [1.165, 1.54) is 24.8 Å². The van der Waals surface area contributed by atoms with Crippen molar-refractivity contribution in [2.45, 2.75) is 63.9 Å². The van der Waals surface area contributed by atoms with Crippen LogP contribution in [0.25, 0.3) is 0 Å². The fraction of sp³-hybridized carbons (Fsp3) is 0.739. The summed E-state index contributed by atoms with van der Waals surface area (Å²) >= 11 is 0. The Morgan fingerprint density at radius 3 is 2.81 bits per heavy atom. The maximum atomic E-state index is 12.1. The third kappa shape index (κ3) is 1.67.